The van der Waals surface area contributed by atoms with Gasteiger partial charge in [-0.25, -0.2) is 4.98 Å². The van der Waals surface area contributed by atoms with Crippen LogP contribution in [-0.4, -0.2) is 21.8 Å². The van der Waals surface area contributed by atoms with Crippen LogP contribution in [0.25, 0.3) is 5.65 Å². The Morgan fingerprint density at radius 3 is 2.91 bits per heavy atom. The van der Waals surface area contributed by atoms with Crippen molar-refractivity contribution in [2.24, 2.45) is 0 Å². The largest absolute Gasteiger partial charge is 0.356 e. The van der Waals surface area contributed by atoms with E-state index in [0.29, 0.717) is 13.0 Å². The molecule has 2 aromatic heterocycles. The molecule has 118 valence electrons. The fourth-order valence-electron chi connectivity index (χ4n) is 2.65. The quantitative estimate of drug-likeness (QED) is 0.761. The van der Waals surface area contributed by atoms with Gasteiger partial charge in [-0.3, -0.25) is 4.79 Å². The summed E-state index contributed by atoms with van der Waals surface area (Å²) in [6.07, 6.45) is 6.04. The Balaban J connectivity index is 1.44. The van der Waals surface area contributed by atoms with Crippen LogP contribution in [0, 0.1) is 6.92 Å². The minimum atomic E-state index is 0.0928. The normalized spacial score (nSPS) is 10.8. The number of benzene rings is 1. The van der Waals surface area contributed by atoms with Crippen LogP contribution >= 0.6 is 0 Å². The highest BCUT2D eigenvalue weighted by Gasteiger charge is 2.04. The van der Waals surface area contributed by atoms with Gasteiger partial charge in [-0.1, -0.05) is 35.9 Å². The van der Waals surface area contributed by atoms with Crippen molar-refractivity contribution >= 4 is 11.6 Å². The van der Waals surface area contributed by atoms with Crippen LogP contribution in [0.15, 0.2) is 54.9 Å². The Labute approximate surface area is 136 Å². The summed E-state index contributed by atoms with van der Waals surface area (Å²) in [5.41, 5.74) is 4.37. The molecule has 0 unspecified atom stereocenters. The van der Waals surface area contributed by atoms with Gasteiger partial charge >= 0.3 is 0 Å². The molecule has 2 heterocycles. The zero-order valence-corrected chi connectivity index (χ0v) is 13.3. The molecule has 0 saturated heterocycles. The van der Waals surface area contributed by atoms with Gasteiger partial charge in [0.25, 0.3) is 0 Å². The molecule has 0 spiro atoms. The first-order valence-corrected chi connectivity index (χ1v) is 7.95. The molecule has 23 heavy (non-hydrogen) atoms. The summed E-state index contributed by atoms with van der Waals surface area (Å²) in [6, 6.07) is 14.2. The third-order valence-electron chi connectivity index (χ3n) is 3.84. The van der Waals surface area contributed by atoms with Gasteiger partial charge < -0.3 is 9.72 Å². The molecular formula is C19H21N3O. The number of carbonyl (C=O) groups excluding carboxylic acids is 1. The van der Waals surface area contributed by atoms with Gasteiger partial charge in [-0.2, -0.15) is 0 Å². The number of fused-ring (bicyclic) bond motifs is 1. The highest BCUT2D eigenvalue weighted by Crippen LogP contribution is 2.07. The minimum Gasteiger partial charge on any atom is -0.356 e. The maximum absolute atomic E-state index is 11.9. The Hall–Kier alpha value is -2.62. The highest BCUT2D eigenvalue weighted by molar-refractivity contribution is 5.76. The maximum Gasteiger partial charge on any atom is 0.220 e. The zero-order valence-electron chi connectivity index (χ0n) is 13.3. The number of rotatable bonds is 6. The van der Waals surface area contributed by atoms with E-state index in [-0.39, 0.29) is 5.91 Å². The molecule has 0 saturated carbocycles. The summed E-state index contributed by atoms with van der Waals surface area (Å²) in [4.78, 5) is 16.5. The Morgan fingerprint density at radius 2 is 2.09 bits per heavy atom. The number of hydrogen-bond donors (Lipinski definition) is 1. The first-order valence-electron chi connectivity index (χ1n) is 7.95. The van der Waals surface area contributed by atoms with E-state index in [1.807, 2.05) is 41.1 Å². The SMILES string of the molecule is Cc1cccc(CCC(=O)NCCc2cn3ccccc3n2)c1. The maximum atomic E-state index is 11.9. The van der Waals surface area contributed by atoms with Gasteiger partial charge in [0.2, 0.25) is 5.91 Å². The second kappa shape index (κ2) is 7.09. The molecule has 0 aliphatic heterocycles. The Kier molecular flexibility index (Phi) is 4.71. The van der Waals surface area contributed by atoms with Crippen LogP contribution in [0.2, 0.25) is 0 Å². The van der Waals surface area contributed by atoms with Crippen LogP contribution in [0.3, 0.4) is 0 Å². The summed E-state index contributed by atoms with van der Waals surface area (Å²) < 4.78 is 1.99. The van der Waals surface area contributed by atoms with Crippen molar-refractivity contribution in [3.8, 4) is 0 Å². The van der Waals surface area contributed by atoms with E-state index in [0.717, 1.165) is 24.2 Å². The molecule has 0 radical (unpaired) electrons. The third-order valence-corrected chi connectivity index (χ3v) is 3.84. The number of nitrogens with zero attached hydrogens (tertiary/aromatic N) is 2. The number of aryl methyl sites for hydroxylation is 2. The lowest BCUT2D eigenvalue weighted by Crippen LogP contribution is -2.25. The van der Waals surface area contributed by atoms with Crippen molar-refractivity contribution in [3.05, 3.63) is 71.7 Å². The molecule has 1 aromatic carbocycles. The highest BCUT2D eigenvalue weighted by atomic mass is 16.1. The van der Waals surface area contributed by atoms with Crippen molar-refractivity contribution < 1.29 is 4.79 Å². The van der Waals surface area contributed by atoms with E-state index in [9.17, 15) is 4.79 Å². The number of amides is 1. The van der Waals surface area contributed by atoms with Gasteiger partial charge in [0.05, 0.1) is 5.69 Å². The van der Waals surface area contributed by atoms with Crippen molar-refractivity contribution in [3.63, 3.8) is 0 Å². The molecular weight excluding hydrogens is 286 g/mol. The van der Waals surface area contributed by atoms with E-state index in [1.54, 1.807) is 0 Å². The molecule has 1 N–H and O–H groups in total. The van der Waals surface area contributed by atoms with Crippen LogP contribution in [0.4, 0.5) is 0 Å². The number of aromatic nitrogens is 2. The van der Waals surface area contributed by atoms with Crippen molar-refractivity contribution in [1.82, 2.24) is 14.7 Å². The van der Waals surface area contributed by atoms with Gasteiger partial charge in [-0.15, -0.1) is 0 Å². The molecule has 3 rings (SSSR count). The average molecular weight is 307 g/mol. The first-order chi connectivity index (χ1) is 11.2. The van der Waals surface area contributed by atoms with Crippen molar-refractivity contribution in [2.45, 2.75) is 26.2 Å². The summed E-state index contributed by atoms with van der Waals surface area (Å²) in [7, 11) is 0. The predicted octanol–water partition coefficient (Wildman–Crippen LogP) is 2.93. The van der Waals surface area contributed by atoms with Crippen molar-refractivity contribution in [2.75, 3.05) is 6.54 Å². The molecule has 0 bridgehead atoms. The second-order valence-electron chi connectivity index (χ2n) is 5.79. The third kappa shape index (κ3) is 4.19. The lowest BCUT2D eigenvalue weighted by atomic mass is 10.1. The number of hydrogen-bond acceptors (Lipinski definition) is 2. The standard InChI is InChI=1S/C19H21N3O/c1-15-5-4-6-16(13-15)8-9-19(23)20-11-10-17-14-22-12-3-2-7-18(22)21-17/h2-7,12-14H,8-11H2,1H3,(H,20,23). The summed E-state index contributed by atoms with van der Waals surface area (Å²) in [5.74, 6) is 0.0928. The lowest BCUT2D eigenvalue weighted by Gasteiger charge is -2.05. The number of imidazole rings is 1. The molecule has 4 nitrogen and oxygen atoms in total. The number of carbonyl (C=O) groups is 1. The molecule has 4 heteroatoms. The smallest absolute Gasteiger partial charge is 0.220 e. The molecule has 0 fully saturated rings. The van der Waals surface area contributed by atoms with Crippen molar-refractivity contribution in [1.29, 1.82) is 0 Å². The number of pyridine rings is 1. The molecule has 0 aliphatic carbocycles. The molecule has 0 aliphatic rings. The van der Waals surface area contributed by atoms with Gasteiger partial charge in [0, 0.05) is 31.8 Å². The monoisotopic (exact) mass is 307 g/mol. The predicted molar refractivity (Wildman–Crippen MR) is 91.4 cm³/mol. The topological polar surface area (TPSA) is 46.4 Å². The zero-order chi connectivity index (χ0) is 16.1. The van der Waals surface area contributed by atoms with Crippen LogP contribution in [0.1, 0.15) is 23.2 Å². The fourth-order valence-corrected chi connectivity index (χ4v) is 2.65. The molecule has 3 aromatic rings. The molecule has 0 atom stereocenters. The molecule has 1 amide bonds. The summed E-state index contributed by atoms with van der Waals surface area (Å²) in [6.45, 7) is 2.69. The van der Waals surface area contributed by atoms with E-state index in [1.165, 1.54) is 11.1 Å². The van der Waals surface area contributed by atoms with E-state index in [4.69, 9.17) is 0 Å². The lowest BCUT2D eigenvalue weighted by molar-refractivity contribution is -0.121. The average Bonchev–Trinajstić information content (AvgIpc) is 2.96. The Morgan fingerprint density at radius 1 is 1.17 bits per heavy atom. The summed E-state index contributed by atoms with van der Waals surface area (Å²) >= 11 is 0. The summed E-state index contributed by atoms with van der Waals surface area (Å²) in [5, 5.41) is 2.97. The first kappa shape index (κ1) is 15.3. The Bertz CT molecular complexity index is 774. The van der Waals surface area contributed by atoms with Gasteiger partial charge in [0.1, 0.15) is 5.65 Å². The van der Waals surface area contributed by atoms with E-state index in [2.05, 4.69) is 35.4 Å². The van der Waals surface area contributed by atoms with Crippen LogP contribution < -0.4 is 5.32 Å². The van der Waals surface area contributed by atoms with E-state index < -0.39 is 0 Å². The van der Waals surface area contributed by atoms with Crippen LogP contribution in [0.5, 0.6) is 0 Å². The van der Waals surface area contributed by atoms with Gasteiger partial charge in [0.15, 0.2) is 0 Å². The number of nitrogens with one attached hydrogen (secondary N) is 1. The second-order valence-corrected chi connectivity index (χ2v) is 5.79. The van der Waals surface area contributed by atoms with E-state index >= 15 is 0 Å². The van der Waals surface area contributed by atoms with Gasteiger partial charge in [-0.05, 0) is 31.0 Å². The minimum absolute atomic E-state index is 0.0928. The fraction of sp³-hybridized carbons (Fsp3) is 0.263. The van der Waals surface area contributed by atoms with Crippen LogP contribution in [-0.2, 0) is 17.6 Å².